The molecule has 0 saturated carbocycles. The van der Waals surface area contributed by atoms with Crippen molar-refractivity contribution in [3.05, 3.63) is 219 Å². The van der Waals surface area contributed by atoms with Crippen molar-refractivity contribution in [3.8, 4) is 0 Å². The first-order valence-corrected chi connectivity index (χ1v) is 34.4. The predicted molar refractivity (Wildman–Crippen MR) is 343 cm³/mol. The molecule has 0 radical (unpaired) electrons. The van der Waals surface area contributed by atoms with Crippen molar-refractivity contribution >= 4 is 136 Å². The van der Waals surface area contributed by atoms with Gasteiger partial charge in [-0.15, -0.1) is 0 Å². The Morgan fingerprint density at radius 3 is 1.04 bits per heavy atom. The summed E-state index contributed by atoms with van der Waals surface area (Å²) < 4.78 is 1.15. The van der Waals surface area contributed by atoms with E-state index in [0.29, 0.717) is 0 Å². The van der Waals surface area contributed by atoms with E-state index in [4.69, 9.17) is 0 Å². The summed E-state index contributed by atoms with van der Waals surface area (Å²) in [5.41, 5.74) is 16.3. The van der Waals surface area contributed by atoms with E-state index in [1.54, 1.807) is 10.4 Å². The molecule has 0 unspecified atom stereocenters. The molecule has 0 aliphatic carbocycles. The summed E-state index contributed by atoms with van der Waals surface area (Å²) >= 11 is 3.63. The maximum absolute atomic E-state index is 3.63. The number of hydrogen-bond acceptors (Lipinski definition) is 2. The van der Waals surface area contributed by atoms with Crippen molar-refractivity contribution in [2.24, 2.45) is 0 Å². The van der Waals surface area contributed by atoms with Gasteiger partial charge in [0.25, 0.3) is 0 Å². The molecule has 0 aliphatic heterocycles. The molecule has 0 bridgehead atoms. The first kappa shape index (κ1) is 51.7. The first-order chi connectivity index (χ1) is 35.6. The zero-order valence-corrected chi connectivity index (χ0v) is 50.1. The molecule has 12 aromatic rings. The van der Waals surface area contributed by atoms with E-state index < -0.39 is 16.1 Å². The summed E-state index contributed by atoms with van der Waals surface area (Å²) in [5, 5.41) is 23.1. The number of nitrogens with one attached hydrogen (secondary N) is 1. The number of rotatable bonds is 7. The summed E-state index contributed by atoms with van der Waals surface area (Å²) in [5.74, 6) is 0. The van der Waals surface area contributed by atoms with Crippen LogP contribution in [0.3, 0.4) is 0 Å². The van der Waals surface area contributed by atoms with E-state index in [0.717, 1.165) is 4.47 Å². The van der Waals surface area contributed by atoms with Gasteiger partial charge in [0.2, 0.25) is 0 Å². The predicted octanol–water partition coefficient (Wildman–Crippen LogP) is 20.4. The molecule has 0 heterocycles. The van der Waals surface area contributed by atoms with Gasteiger partial charge in [-0.25, -0.2) is 0 Å². The van der Waals surface area contributed by atoms with Crippen LogP contribution in [0.4, 0.5) is 28.4 Å². The van der Waals surface area contributed by atoms with Crippen LogP contribution in [0, 0.1) is 55.4 Å². The van der Waals surface area contributed by atoms with Gasteiger partial charge in [0, 0.05) is 32.9 Å². The third kappa shape index (κ3) is 10.2. The largest absolute Gasteiger partial charge is 0.355 e. The van der Waals surface area contributed by atoms with Crippen LogP contribution in [0.25, 0.3) is 64.6 Å². The summed E-state index contributed by atoms with van der Waals surface area (Å²) in [4.78, 5) is 2.45. The van der Waals surface area contributed by atoms with Crippen LogP contribution >= 0.6 is 15.9 Å². The number of anilines is 5. The van der Waals surface area contributed by atoms with Crippen LogP contribution in [0.2, 0.25) is 39.3 Å². The fourth-order valence-corrected chi connectivity index (χ4v) is 15.3. The van der Waals surface area contributed by atoms with Gasteiger partial charge in [-0.1, -0.05) is 209 Å². The number of aryl methyl sites for hydroxylation is 8. The van der Waals surface area contributed by atoms with Gasteiger partial charge in [-0.05, 0) is 191 Å². The Hall–Kier alpha value is -6.77. The van der Waals surface area contributed by atoms with Crippen molar-refractivity contribution in [1.29, 1.82) is 0 Å². The average Bonchev–Trinajstić information content (AvgIpc) is 3.34. The molecule has 0 spiro atoms. The van der Waals surface area contributed by atoms with E-state index in [1.165, 1.54) is 138 Å². The summed E-state index contributed by atoms with van der Waals surface area (Å²) in [6.07, 6.45) is 0. The highest BCUT2D eigenvalue weighted by atomic mass is 79.9. The molecule has 0 atom stereocenters. The Bertz CT molecular complexity index is 3980. The Balaban J connectivity index is 0.000000142. The number of halogens is 1. The minimum Gasteiger partial charge on any atom is -0.355 e. The second-order valence-corrected chi connectivity index (χ2v) is 34.4. The molecule has 5 heteroatoms. The second-order valence-electron chi connectivity index (χ2n) is 23.5. The third-order valence-electron chi connectivity index (χ3n) is 15.2. The van der Waals surface area contributed by atoms with Gasteiger partial charge in [-0.3, -0.25) is 0 Å². The Morgan fingerprint density at radius 1 is 0.333 bits per heavy atom. The zero-order chi connectivity index (χ0) is 53.2. The summed E-state index contributed by atoms with van der Waals surface area (Å²) in [6, 6.07) is 63.5. The van der Waals surface area contributed by atoms with Gasteiger partial charge in [0.15, 0.2) is 0 Å². The lowest BCUT2D eigenvalue weighted by atomic mass is 9.93. The van der Waals surface area contributed by atoms with Crippen LogP contribution in [-0.4, -0.2) is 16.1 Å². The van der Waals surface area contributed by atoms with Crippen LogP contribution in [0.1, 0.15) is 44.5 Å². The highest BCUT2D eigenvalue weighted by molar-refractivity contribution is 9.10. The summed E-state index contributed by atoms with van der Waals surface area (Å²) in [7, 11) is -2.82. The van der Waals surface area contributed by atoms with E-state index >= 15 is 0 Å². The second kappa shape index (κ2) is 20.1. The SMILES string of the molecule is C[Si](C)(C)c1ccc2ccc3cc(Br)cc4ccc1c2c34.Cc1ccc(N(c2cc3ccc4ccc([Si](C)(C)C)c5ccc(c2)c3c45)c2ccc(C)cc2C)c(C)c1.Cc1ccc(Nc2ccc(C)cc2C)c(C)c1. The smallest absolute Gasteiger partial charge is 0.0784 e. The van der Waals surface area contributed by atoms with Gasteiger partial charge >= 0.3 is 0 Å². The van der Waals surface area contributed by atoms with Crippen molar-refractivity contribution in [2.75, 3.05) is 10.2 Å². The van der Waals surface area contributed by atoms with Crippen LogP contribution in [0.15, 0.2) is 174 Å². The van der Waals surface area contributed by atoms with E-state index in [9.17, 15) is 0 Å². The van der Waals surface area contributed by atoms with Gasteiger partial charge < -0.3 is 10.2 Å². The van der Waals surface area contributed by atoms with Crippen LogP contribution in [-0.2, 0) is 0 Å². The van der Waals surface area contributed by atoms with Crippen LogP contribution in [0.5, 0.6) is 0 Å². The average molecular weight is 1080 g/mol. The van der Waals surface area contributed by atoms with Gasteiger partial charge in [0.05, 0.1) is 16.1 Å². The maximum atomic E-state index is 3.63. The molecule has 12 aromatic carbocycles. The molecule has 12 rings (SSSR count). The maximum Gasteiger partial charge on any atom is 0.0784 e. The normalized spacial score (nSPS) is 11.9. The minimum atomic E-state index is -1.47. The summed E-state index contributed by atoms with van der Waals surface area (Å²) in [6.45, 7) is 31.9. The minimum absolute atomic E-state index is 1.15. The molecule has 75 heavy (non-hydrogen) atoms. The van der Waals surface area contributed by atoms with Gasteiger partial charge in [-0.2, -0.15) is 0 Å². The Labute approximate surface area is 456 Å². The van der Waals surface area contributed by atoms with Crippen molar-refractivity contribution in [2.45, 2.75) is 94.7 Å². The molecule has 1 N–H and O–H groups in total. The molecule has 0 aliphatic rings. The van der Waals surface area contributed by atoms with Crippen LogP contribution < -0.4 is 20.6 Å². The molecule has 0 saturated heterocycles. The molecule has 0 amide bonds. The van der Waals surface area contributed by atoms with Gasteiger partial charge in [0.1, 0.15) is 0 Å². The quantitative estimate of drug-likeness (QED) is 0.126. The lowest BCUT2D eigenvalue weighted by Gasteiger charge is -2.30. The molecule has 2 nitrogen and oxygen atoms in total. The lowest BCUT2D eigenvalue weighted by molar-refractivity contribution is 1.21. The molecular formula is C70H71BrN2Si2. The topological polar surface area (TPSA) is 15.3 Å². The fourth-order valence-electron chi connectivity index (χ4n) is 11.6. The molecule has 0 fully saturated rings. The van der Waals surface area contributed by atoms with E-state index in [2.05, 4.69) is 291 Å². The standard InChI is InChI=1S/C35H35NSi.C19H17BrSi.C16H19N/c1-22-8-15-31(24(3)18-22)36(32-16-9-23(2)19-25(32)4)29-20-27-11-10-26-13-17-33(37(5,6)7)30-14-12-28(21-29)34(27)35(26)30;1-21(2,3)17-9-7-12-4-5-13-10-15(20)11-14-6-8-16(17)19(12)18(13)14;1-11-5-7-15(13(3)9-11)17-16-8-6-12(2)10-14(16)4/h8-21H,1-7H3;4-11H,1-3H3;5-10,17H,1-4H3. The monoisotopic (exact) mass is 1070 g/mol. The number of nitrogens with zero attached hydrogens (tertiary/aromatic N) is 1. The zero-order valence-electron chi connectivity index (χ0n) is 46.5. The molecule has 0 aromatic heterocycles. The molecule has 376 valence electrons. The van der Waals surface area contributed by atoms with Crippen molar-refractivity contribution < 1.29 is 0 Å². The highest BCUT2D eigenvalue weighted by Crippen LogP contribution is 2.44. The van der Waals surface area contributed by atoms with E-state index in [1.807, 2.05) is 0 Å². The first-order valence-electron chi connectivity index (χ1n) is 26.6. The highest BCUT2D eigenvalue weighted by Gasteiger charge is 2.24. The van der Waals surface area contributed by atoms with Crippen molar-refractivity contribution in [1.82, 2.24) is 0 Å². The van der Waals surface area contributed by atoms with Crippen molar-refractivity contribution in [3.63, 3.8) is 0 Å². The fraction of sp³-hybridized carbons (Fsp3) is 0.200. The Morgan fingerprint density at radius 2 is 0.667 bits per heavy atom. The molecular weight excluding hydrogens is 1000 g/mol. The third-order valence-corrected chi connectivity index (χ3v) is 19.8. The number of hydrogen-bond donors (Lipinski definition) is 1. The number of benzene rings is 12. The van der Waals surface area contributed by atoms with E-state index in [-0.39, 0.29) is 0 Å². The lowest BCUT2D eigenvalue weighted by Crippen LogP contribution is -2.38. The Kier molecular flexibility index (Phi) is 13.8.